The summed E-state index contributed by atoms with van der Waals surface area (Å²) in [4.78, 5) is 14.4. The standard InChI is InChI=1S/C31H28N4O7S2/c1-3-35(4-2)30-32-21-33-31(34-30)42-29-27(11-8-12-28(29)44(39,40)24-9-6-5-7-10-24)41-23-15-19-26(20-16-23)43(37,38)25-17-13-22(36)14-18-25/h5-21,36H,3-4H2,1-2H3. The zero-order valence-corrected chi connectivity index (χ0v) is 25.4. The quantitative estimate of drug-likeness (QED) is 0.192. The first-order chi connectivity index (χ1) is 21.1. The topological polar surface area (TPSA) is 149 Å². The van der Waals surface area contributed by atoms with Crippen LogP contribution in [0.15, 0.2) is 123 Å². The molecular weight excluding hydrogens is 604 g/mol. The highest BCUT2D eigenvalue weighted by molar-refractivity contribution is 7.91. The van der Waals surface area contributed by atoms with Gasteiger partial charge in [0.15, 0.2) is 11.5 Å². The first-order valence-electron chi connectivity index (χ1n) is 13.5. The van der Waals surface area contributed by atoms with Crippen LogP contribution in [0.5, 0.6) is 29.0 Å². The number of ether oxygens (including phenoxy) is 2. The number of aromatic nitrogens is 3. The lowest BCUT2D eigenvalue weighted by molar-refractivity contribution is 0.387. The van der Waals surface area contributed by atoms with Crippen molar-refractivity contribution in [2.75, 3.05) is 18.0 Å². The predicted octanol–water partition coefficient (Wildman–Crippen LogP) is 5.67. The van der Waals surface area contributed by atoms with Gasteiger partial charge in [0.1, 0.15) is 22.7 Å². The van der Waals surface area contributed by atoms with Crippen molar-refractivity contribution in [1.29, 1.82) is 0 Å². The van der Waals surface area contributed by atoms with Crippen molar-refractivity contribution in [3.05, 3.63) is 103 Å². The molecule has 0 aliphatic rings. The van der Waals surface area contributed by atoms with Crippen LogP contribution in [0.4, 0.5) is 5.95 Å². The van der Waals surface area contributed by atoms with E-state index in [4.69, 9.17) is 9.47 Å². The number of hydrogen-bond acceptors (Lipinski definition) is 11. The Balaban J connectivity index is 1.54. The van der Waals surface area contributed by atoms with Crippen LogP contribution in [0.25, 0.3) is 0 Å². The van der Waals surface area contributed by atoms with Gasteiger partial charge in [0.05, 0.1) is 14.7 Å². The molecule has 5 aromatic rings. The molecule has 1 N–H and O–H groups in total. The van der Waals surface area contributed by atoms with Crippen molar-refractivity contribution >= 4 is 25.6 Å². The van der Waals surface area contributed by atoms with Crippen molar-refractivity contribution in [2.45, 2.75) is 33.4 Å². The lowest BCUT2D eigenvalue weighted by Gasteiger charge is -2.19. The molecular formula is C31H28N4O7S2. The van der Waals surface area contributed by atoms with E-state index in [1.807, 2.05) is 18.7 Å². The highest BCUT2D eigenvalue weighted by Crippen LogP contribution is 2.41. The van der Waals surface area contributed by atoms with E-state index in [1.165, 1.54) is 85.2 Å². The number of rotatable bonds is 11. The van der Waals surface area contributed by atoms with E-state index in [9.17, 15) is 21.9 Å². The van der Waals surface area contributed by atoms with Crippen LogP contribution in [0.2, 0.25) is 0 Å². The fourth-order valence-electron chi connectivity index (χ4n) is 4.26. The molecule has 1 heterocycles. The average molecular weight is 633 g/mol. The average Bonchev–Trinajstić information content (AvgIpc) is 3.03. The molecule has 226 valence electrons. The summed E-state index contributed by atoms with van der Waals surface area (Å²) in [6, 6.07) is 23.0. The van der Waals surface area contributed by atoms with Gasteiger partial charge in [0, 0.05) is 13.1 Å². The van der Waals surface area contributed by atoms with E-state index in [0.717, 1.165) is 0 Å². The Bertz CT molecular complexity index is 1970. The van der Waals surface area contributed by atoms with Crippen molar-refractivity contribution in [1.82, 2.24) is 15.0 Å². The summed E-state index contributed by atoms with van der Waals surface area (Å²) in [6.45, 7) is 5.16. The maximum Gasteiger partial charge on any atom is 0.326 e. The van der Waals surface area contributed by atoms with Crippen molar-refractivity contribution < 1.29 is 31.4 Å². The van der Waals surface area contributed by atoms with Crippen LogP contribution in [0.1, 0.15) is 13.8 Å². The second kappa shape index (κ2) is 12.7. The van der Waals surface area contributed by atoms with Crippen molar-refractivity contribution in [3.8, 4) is 29.0 Å². The van der Waals surface area contributed by atoms with Crippen LogP contribution in [0, 0.1) is 0 Å². The molecule has 1 aromatic heterocycles. The lowest BCUT2D eigenvalue weighted by atomic mass is 10.3. The molecule has 44 heavy (non-hydrogen) atoms. The van der Waals surface area contributed by atoms with Crippen LogP contribution in [0.3, 0.4) is 0 Å². The molecule has 0 saturated carbocycles. The molecule has 0 radical (unpaired) electrons. The van der Waals surface area contributed by atoms with Gasteiger partial charge >= 0.3 is 6.01 Å². The Morgan fingerprint density at radius 3 is 1.93 bits per heavy atom. The van der Waals surface area contributed by atoms with Gasteiger partial charge in [-0.1, -0.05) is 24.3 Å². The summed E-state index contributed by atoms with van der Waals surface area (Å²) in [6.07, 6.45) is 1.28. The highest BCUT2D eigenvalue weighted by atomic mass is 32.2. The summed E-state index contributed by atoms with van der Waals surface area (Å²) in [7, 11) is -7.95. The SMILES string of the molecule is CCN(CC)c1ncnc(Oc2c(Oc3ccc(S(=O)(=O)c4ccc(O)cc4)cc3)cccc2S(=O)(=O)c2ccccc2)n1. The lowest BCUT2D eigenvalue weighted by Crippen LogP contribution is -2.24. The Kier molecular flexibility index (Phi) is 8.78. The summed E-state index contributed by atoms with van der Waals surface area (Å²) in [5.74, 6) is 0.392. The molecule has 0 amide bonds. The Labute approximate surface area is 255 Å². The Morgan fingerprint density at radius 2 is 1.30 bits per heavy atom. The van der Waals surface area contributed by atoms with Gasteiger partial charge in [0.2, 0.25) is 25.6 Å². The number of para-hydroxylation sites is 1. The second-order valence-corrected chi connectivity index (χ2v) is 13.2. The van der Waals surface area contributed by atoms with Crippen LogP contribution in [-0.2, 0) is 19.7 Å². The fraction of sp³-hybridized carbons (Fsp3) is 0.129. The number of phenols is 1. The summed E-state index contributed by atoms with van der Waals surface area (Å²) >= 11 is 0. The minimum absolute atomic E-state index is 0.00142. The normalized spacial score (nSPS) is 11.6. The van der Waals surface area contributed by atoms with E-state index >= 15 is 0 Å². The Hall–Kier alpha value is -5.01. The first kappa shape index (κ1) is 30.4. The molecule has 5 rings (SSSR count). The fourth-order valence-corrected chi connectivity index (χ4v) is 6.94. The summed E-state index contributed by atoms with van der Waals surface area (Å²) in [5.41, 5.74) is 0. The van der Waals surface area contributed by atoms with E-state index in [2.05, 4.69) is 15.0 Å². The highest BCUT2D eigenvalue weighted by Gasteiger charge is 2.27. The van der Waals surface area contributed by atoms with E-state index < -0.39 is 19.7 Å². The molecule has 0 atom stereocenters. The smallest absolute Gasteiger partial charge is 0.326 e. The minimum atomic E-state index is -4.08. The largest absolute Gasteiger partial charge is 0.508 e. The molecule has 0 spiro atoms. The van der Waals surface area contributed by atoms with Crippen LogP contribution < -0.4 is 14.4 Å². The third kappa shape index (κ3) is 6.33. The van der Waals surface area contributed by atoms with Gasteiger partial charge in [-0.2, -0.15) is 9.97 Å². The van der Waals surface area contributed by atoms with Crippen LogP contribution >= 0.6 is 0 Å². The third-order valence-electron chi connectivity index (χ3n) is 6.57. The van der Waals surface area contributed by atoms with E-state index in [-0.39, 0.29) is 48.6 Å². The number of sulfone groups is 2. The molecule has 0 bridgehead atoms. The second-order valence-electron chi connectivity index (χ2n) is 9.31. The number of phenolic OH excluding ortho intramolecular Hbond substituents is 1. The van der Waals surface area contributed by atoms with Gasteiger partial charge < -0.3 is 19.5 Å². The number of anilines is 1. The third-order valence-corrected chi connectivity index (χ3v) is 10.2. The number of aromatic hydroxyl groups is 1. The first-order valence-corrected chi connectivity index (χ1v) is 16.5. The zero-order valence-electron chi connectivity index (χ0n) is 23.7. The maximum absolute atomic E-state index is 13.7. The molecule has 0 aliphatic heterocycles. The van der Waals surface area contributed by atoms with E-state index in [0.29, 0.717) is 19.0 Å². The number of benzene rings is 4. The maximum atomic E-state index is 13.7. The van der Waals surface area contributed by atoms with Gasteiger partial charge in [-0.3, -0.25) is 0 Å². The number of nitrogens with zero attached hydrogens (tertiary/aromatic N) is 4. The molecule has 11 nitrogen and oxygen atoms in total. The zero-order chi connectivity index (χ0) is 31.3. The molecule has 0 aliphatic carbocycles. The van der Waals surface area contributed by atoms with Gasteiger partial charge in [0.25, 0.3) is 0 Å². The molecule has 4 aromatic carbocycles. The van der Waals surface area contributed by atoms with Gasteiger partial charge in [-0.05, 0) is 86.6 Å². The van der Waals surface area contributed by atoms with Crippen LogP contribution in [-0.4, -0.2) is 50.0 Å². The molecule has 13 heteroatoms. The van der Waals surface area contributed by atoms with Gasteiger partial charge in [-0.25, -0.2) is 21.8 Å². The molecule has 0 fully saturated rings. The van der Waals surface area contributed by atoms with Crippen molar-refractivity contribution in [2.24, 2.45) is 0 Å². The minimum Gasteiger partial charge on any atom is -0.508 e. The Morgan fingerprint density at radius 1 is 0.682 bits per heavy atom. The molecule has 0 unspecified atom stereocenters. The summed E-state index contributed by atoms with van der Waals surface area (Å²) < 4.78 is 65.7. The van der Waals surface area contributed by atoms with E-state index in [1.54, 1.807) is 18.2 Å². The van der Waals surface area contributed by atoms with Gasteiger partial charge in [-0.15, -0.1) is 0 Å². The molecule has 0 saturated heterocycles. The summed E-state index contributed by atoms with van der Waals surface area (Å²) in [5, 5.41) is 9.51. The number of hydrogen-bond donors (Lipinski definition) is 1. The predicted molar refractivity (Wildman–Crippen MR) is 162 cm³/mol. The van der Waals surface area contributed by atoms with Crippen molar-refractivity contribution in [3.63, 3.8) is 0 Å². The monoisotopic (exact) mass is 632 g/mol.